The van der Waals surface area contributed by atoms with Crippen LogP contribution in [0.2, 0.25) is 5.02 Å². The quantitative estimate of drug-likeness (QED) is 0.734. The first-order chi connectivity index (χ1) is 6.15. The molecule has 0 fully saturated rings. The van der Waals surface area contributed by atoms with E-state index < -0.39 is 0 Å². The molecule has 4 N–H and O–H groups in total. The zero-order chi connectivity index (χ0) is 9.84. The lowest BCUT2D eigenvalue weighted by atomic mass is 10.0. The highest BCUT2D eigenvalue weighted by Crippen LogP contribution is 2.24. The van der Waals surface area contributed by atoms with E-state index >= 15 is 0 Å². The second-order valence-corrected chi connectivity index (χ2v) is 3.58. The van der Waals surface area contributed by atoms with Crippen molar-refractivity contribution in [3.63, 3.8) is 0 Å². The van der Waals surface area contributed by atoms with Crippen LogP contribution in [0.25, 0.3) is 0 Å². The molecule has 1 atom stereocenters. The second-order valence-electron chi connectivity index (χ2n) is 3.18. The van der Waals surface area contributed by atoms with E-state index in [0.717, 1.165) is 18.4 Å². The van der Waals surface area contributed by atoms with E-state index in [9.17, 15) is 0 Å². The van der Waals surface area contributed by atoms with Gasteiger partial charge in [0.05, 0.1) is 10.7 Å². The van der Waals surface area contributed by atoms with Crippen LogP contribution in [0, 0.1) is 0 Å². The molecule has 72 valence electrons. The molecule has 3 heteroatoms. The molecule has 0 aromatic heterocycles. The van der Waals surface area contributed by atoms with Gasteiger partial charge >= 0.3 is 0 Å². The van der Waals surface area contributed by atoms with Gasteiger partial charge < -0.3 is 11.5 Å². The third-order valence-electron chi connectivity index (χ3n) is 2.05. The Morgan fingerprint density at radius 3 is 2.69 bits per heavy atom. The number of rotatable bonds is 3. The zero-order valence-corrected chi connectivity index (χ0v) is 8.51. The van der Waals surface area contributed by atoms with Gasteiger partial charge in [0.25, 0.3) is 0 Å². The largest absolute Gasteiger partial charge is 0.398 e. The van der Waals surface area contributed by atoms with Crippen molar-refractivity contribution in [1.29, 1.82) is 0 Å². The van der Waals surface area contributed by atoms with Crippen molar-refractivity contribution in [1.82, 2.24) is 0 Å². The molecule has 0 amide bonds. The van der Waals surface area contributed by atoms with E-state index in [4.69, 9.17) is 23.1 Å². The molecule has 1 aromatic carbocycles. The standard InChI is InChI=1S/C10H15ClN2/c1-2-3-9(12)7-4-5-10(13)8(11)6-7/h4-6,9H,2-3,12-13H2,1H3/t9-/m0/s1. The number of anilines is 1. The van der Waals surface area contributed by atoms with Gasteiger partial charge in [-0.25, -0.2) is 0 Å². The summed E-state index contributed by atoms with van der Waals surface area (Å²) in [6.45, 7) is 2.11. The summed E-state index contributed by atoms with van der Waals surface area (Å²) >= 11 is 5.88. The van der Waals surface area contributed by atoms with Crippen molar-refractivity contribution in [2.45, 2.75) is 25.8 Å². The lowest BCUT2D eigenvalue weighted by Crippen LogP contribution is -2.09. The van der Waals surface area contributed by atoms with Crippen LogP contribution in [-0.4, -0.2) is 0 Å². The summed E-state index contributed by atoms with van der Waals surface area (Å²) in [6, 6.07) is 5.65. The average Bonchev–Trinajstić information content (AvgIpc) is 2.10. The fraction of sp³-hybridized carbons (Fsp3) is 0.400. The fourth-order valence-electron chi connectivity index (χ4n) is 1.25. The molecule has 0 aliphatic heterocycles. The van der Waals surface area contributed by atoms with Crippen LogP contribution < -0.4 is 11.5 Å². The van der Waals surface area contributed by atoms with E-state index in [1.165, 1.54) is 0 Å². The van der Waals surface area contributed by atoms with Gasteiger partial charge in [-0.15, -0.1) is 0 Å². The first kappa shape index (κ1) is 10.4. The minimum absolute atomic E-state index is 0.0723. The lowest BCUT2D eigenvalue weighted by molar-refractivity contribution is 0.638. The predicted molar refractivity (Wildman–Crippen MR) is 57.7 cm³/mol. The van der Waals surface area contributed by atoms with Crippen LogP contribution >= 0.6 is 11.6 Å². The Morgan fingerprint density at radius 1 is 1.46 bits per heavy atom. The maximum Gasteiger partial charge on any atom is 0.0638 e. The van der Waals surface area contributed by atoms with Crippen molar-refractivity contribution in [3.8, 4) is 0 Å². The predicted octanol–water partition coefficient (Wildman–Crippen LogP) is 2.72. The van der Waals surface area contributed by atoms with Crippen molar-refractivity contribution in [3.05, 3.63) is 28.8 Å². The number of benzene rings is 1. The average molecular weight is 199 g/mol. The number of hydrogen-bond donors (Lipinski definition) is 2. The highest BCUT2D eigenvalue weighted by molar-refractivity contribution is 6.33. The fourth-order valence-corrected chi connectivity index (χ4v) is 1.44. The first-order valence-corrected chi connectivity index (χ1v) is 4.83. The van der Waals surface area contributed by atoms with Gasteiger partial charge in [0.2, 0.25) is 0 Å². The summed E-state index contributed by atoms with van der Waals surface area (Å²) < 4.78 is 0. The molecule has 0 aliphatic carbocycles. The molecule has 1 aromatic rings. The van der Waals surface area contributed by atoms with Crippen molar-refractivity contribution in [2.75, 3.05) is 5.73 Å². The summed E-state index contributed by atoms with van der Waals surface area (Å²) in [5.41, 5.74) is 13.2. The van der Waals surface area contributed by atoms with Gasteiger partial charge in [0.1, 0.15) is 0 Å². The molecule has 1 rings (SSSR count). The summed E-state index contributed by atoms with van der Waals surface area (Å²) in [5, 5.41) is 0.587. The summed E-state index contributed by atoms with van der Waals surface area (Å²) in [6.07, 6.45) is 2.05. The Labute approximate surface area is 83.9 Å². The second kappa shape index (κ2) is 4.49. The van der Waals surface area contributed by atoms with Crippen LogP contribution in [0.5, 0.6) is 0 Å². The molecule has 0 unspecified atom stereocenters. The summed E-state index contributed by atoms with van der Waals surface area (Å²) in [4.78, 5) is 0. The van der Waals surface area contributed by atoms with Crippen molar-refractivity contribution in [2.24, 2.45) is 5.73 Å². The third kappa shape index (κ3) is 2.61. The Balaban J connectivity index is 2.84. The minimum atomic E-state index is 0.0723. The van der Waals surface area contributed by atoms with E-state index in [0.29, 0.717) is 10.7 Å². The monoisotopic (exact) mass is 198 g/mol. The Kier molecular flexibility index (Phi) is 3.58. The Morgan fingerprint density at radius 2 is 2.15 bits per heavy atom. The van der Waals surface area contributed by atoms with Crippen LogP contribution in [0.4, 0.5) is 5.69 Å². The molecule has 13 heavy (non-hydrogen) atoms. The molecule has 0 saturated carbocycles. The van der Waals surface area contributed by atoms with E-state index in [1.54, 1.807) is 6.07 Å². The molecular weight excluding hydrogens is 184 g/mol. The lowest BCUT2D eigenvalue weighted by Gasteiger charge is -2.11. The Bertz CT molecular complexity index is 286. The van der Waals surface area contributed by atoms with Gasteiger partial charge in [-0.05, 0) is 24.1 Å². The van der Waals surface area contributed by atoms with Gasteiger partial charge in [-0.2, -0.15) is 0 Å². The highest BCUT2D eigenvalue weighted by atomic mass is 35.5. The molecule has 0 spiro atoms. The number of nitrogens with two attached hydrogens (primary N) is 2. The van der Waals surface area contributed by atoms with E-state index in [2.05, 4.69) is 6.92 Å². The number of halogens is 1. The van der Waals surface area contributed by atoms with Gasteiger partial charge in [-0.3, -0.25) is 0 Å². The van der Waals surface area contributed by atoms with Crippen LogP contribution in [-0.2, 0) is 0 Å². The van der Waals surface area contributed by atoms with Gasteiger partial charge in [-0.1, -0.05) is 31.0 Å². The third-order valence-corrected chi connectivity index (χ3v) is 2.38. The van der Waals surface area contributed by atoms with Crippen LogP contribution in [0.1, 0.15) is 31.4 Å². The van der Waals surface area contributed by atoms with Crippen molar-refractivity contribution >= 4 is 17.3 Å². The van der Waals surface area contributed by atoms with Crippen LogP contribution in [0.15, 0.2) is 18.2 Å². The molecule has 0 bridgehead atoms. The molecule has 0 saturated heterocycles. The molecule has 0 radical (unpaired) electrons. The normalized spacial score (nSPS) is 12.8. The number of hydrogen-bond acceptors (Lipinski definition) is 2. The smallest absolute Gasteiger partial charge is 0.0638 e. The van der Waals surface area contributed by atoms with Crippen molar-refractivity contribution < 1.29 is 0 Å². The topological polar surface area (TPSA) is 52.0 Å². The van der Waals surface area contributed by atoms with Crippen LogP contribution in [0.3, 0.4) is 0 Å². The molecule has 0 heterocycles. The maximum atomic E-state index is 5.93. The molecular formula is C10H15ClN2. The van der Waals surface area contributed by atoms with E-state index in [-0.39, 0.29) is 6.04 Å². The molecule has 2 nitrogen and oxygen atoms in total. The first-order valence-electron chi connectivity index (χ1n) is 4.45. The SMILES string of the molecule is CCC[C@H](N)c1ccc(N)c(Cl)c1. The van der Waals surface area contributed by atoms with Gasteiger partial charge in [0.15, 0.2) is 0 Å². The number of nitrogen functional groups attached to an aromatic ring is 1. The van der Waals surface area contributed by atoms with E-state index in [1.807, 2.05) is 12.1 Å². The highest BCUT2D eigenvalue weighted by Gasteiger charge is 2.05. The summed E-state index contributed by atoms with van der Waals surface area (Å²) in [7, 11) is 0. The molecule has 0 aliphatic rings. The van der Waals surface area contributed by atoms with Gasteiger partial charge in [0, 0.05) is 6.04 Å². The summed E-state index contributed by atoms with van der Waals surface area (Å²) in [5.74, 6) is 0. The minimum Gasteiger partial charge on any atom is -0.398 e. The zero-order valence-electron chi connectivity index (χ0n) is 7.76. The maximum absolute atomic E-state index is 5.93. The Hall–Kier alpha value is -0.730.